The lowest BCUT2D eigenvalue weighted by molar-refractivity contribution is 0.0918. The maximum absolute atomic E-state index is 12.2. The van der Waals surface area contributed by atoms with E-state index in [0.717, 1.165) is 11.9 Å². The molecule has 1 aromatic heterocycles. The van der Waals surface area contributed by atoms with Crippen molar-refractivity contribution in [3.05, 3.63) is 22.3 Å². The number of amides is 4. The van der Waals surface area contributed by atoms with Crippen LogP contribution in [0.3, 0.4) is 0 Å². The molecule has 0 unspecified atom stereocenters. The third-order valence-electron chi connectivity index (χ3n) is 2.45. The van der Waals surface area contributed by atoms with Gasteiger partial charge in [0.25, 0.3) is 5.91 Å². The number of aliphatic hydroxyl groups is 1. The van der Waals surface area contributed by atoms with Gasteiger partial charge in [0.15, 0.2) is 0 Å². The molecule has 11 heteroatoms. The van der Waals surface area contributed by atoms with Gasteiger partial charge < -0.3 is 15.2 Å². The molecule has 0 fully saturated rings. The van der Waals surface area contributed by atoms with Gasteiger partial charge in [-0.1, -0.05) is 0 Å². The zero-order valence-corrected chi connectivity index (χ0v) is 15.4. The van der Waals surface area contributed by atoms with Gasteiger partial charge >= 0.3 is 12.1 Å². The average Bonchev–Trinajstić information content (AvgIpc) is 2.53. The first-order valence-electron chi connectivity index (χ1n) is 6.85. The summed E-state index contributed by atoms with van der Waals surface area (Å²) in [6.07, 6.45) is 0.577. The summed E-state index contributed by atoms with van der Waals surface area (Å²) >= 11 is 3.98. The Morgan fingerprint density at radius 3 is 2.79 bits per heavy atom. The molecule has 0 bridgehead atoms. The van der Waals surface area contributed by atoms with Gasteiger partial charge in [0.2, 0.25) is 0 Å². The lowest BCUT2D eigenvalue weighted by Gasteiger charge is -2.13. The predicted octanol–water partition coefficient (Wildman–Crippen LogP) is 1.42. The van der Waals surface area contributed by atoms with Gasteiger partial charge in [0.05, 0.1) is 18.8 Å². The normalized spacial score (nSPS) is 11.3. The van der Waals surface area contributed by atoms with Crippen LogP contribution in [0.15, 0.2) is 21.8 Å². The van der Waals surface area contributed by atoms with Crippen LogP contribution < -0.4 is 15.4 Å². The molecule has 0 saturated heterocycles. The monoisotopic (exact) mass is 420 g/mol. The van der Waals surface area contributed by atoms with E-state index < -0.39 is 24.1 Å². The van der Waals surface area contributed by atoms with Crippen LogP contribution in [0.5, 0.6) is 0 Å². The fourth-order valence-electron chi connectivity index (χ4n) is 1.40. The maximum atomic E-state index is 12.2. The molecule has 1 aromatic rings. The van der Waals surface area contributed by atoms with Crippen molar-refractivity contribution in [1.82, 2.24) is 20.3 Å². The fourth-order valence-corrected chi connectivity index (χ4v) is 2.34. The Morgan fingerprint density at radius 1 is 1.46 bits per heavy atom. The first-order chi connectivity index (χ1) is 11.4. The predicted molar refractivity (Wildman–Crippen MR) is 90.5 cm³/mol. The summed E-state index contributed by atoms with van der Waals surface area (Å²) in [5.41, 5.74) is 0.200. The van der Waals surface area contributed by atoms with E-state index in [1.54, 1.807) is 13.8 Å². The largest absolute Gasteiger partial charge is 0.450 e. The molecule has 0 spiro atoms. The average molecular weight is 421 g/mol. The number of halogens is 1. The van der Waals surface area contributed by atoms with Gasteiger partial charge in [-0.3, -0.25) is 9.52 Å². The molecular formula is C13H17BrN4O5S. The van der Waals surface area contributed by atoms with Gasteiger partial charge in [0, 0.05) is 28.7 Å². The van der Waals surface area contributed by atoms with Crippen molar-refractivity contribution in [2.75, 3.05) is 13.2 Å². The van der Waals surface area contributed by atoms with E-state index in [1.165, 1.54) is 12.3 Å². The minimum Gasteiger partial charge on any atom is -0.450 e. The summed E-state index contributed by atoms with van der Waals surface area (Å²) < 4.78 is 7.47. The lowest BCUT2D eigenvalue weighted by Crippen LogP contribution is -2.37. The Balaban J connectivity index is 2.76. The second kappa shape index (κ2) is 10.1. The molecule has 0 aliphatic heterocycles. The van der Waals surface area contributed by atoms with Crippen molar-refractivity contribution >= 4 is 45.9 Å². The molecule has 0 aliphatic carbocycles. The van der Waals surface area contributed by atoms with Crippen LogP contribution in [0.25, 0.3) is 0 Å². The first kappa shape index (κ1) is 20.2. The van der Waals surface area contributed by atoms with Crippen LogP contribution in [0.4, 0.5) is 9.59 Å². The number of aliphatic hydroxyl groups excluding tert-OH is 1. The van der Waals surface area contributed by atoms with E-state index in [1.807, 2.05) is 5.32 Å². The number of hydrogen-bond acceptors (Lipinski definition) is 7. The molecule has 1 heterocycles. The molecule has 0 aliphatic rings. The number of ether oxygens (including phenoxy) is 1. The highest BCUT2D eigenvalue weighted by Gasteiger charge is 2.17. The first-order valence-corrected chi connectivity index (χ1v) is 8.46. The second-order valence-electron chi connectivity index (χ2n) is 4.44. The Labute approximate surface area is 151 Å². The van der Waals surface area contributed by atoms with E-state index in [-0.39, 0.29) is 23.8 Å². The molecule has 4 N–H and O–H groups in total. The van der Waals surface area contributed by atoms with Gasteiger partial charge in [0.1, 0.15) is 5.03 Å². The Hall–Kier alpha value is -1.85. The third kappa shape index (κ3) is 6.72. The van der Waals surface area contributed by atoms with Crippen LogP contribution in [0.2, 0.25) is 0 Å². The second-order valence-corrected chi connectivity index (χ2v) is 6.15. The number of nitrogens with one attached hydrogen (secondary N) is 3. The number of urea groups is 1. The number of imide groups is 1. The molecule has 9 nitrogen and oxygen atoms in total. The Morgan fingerprint density at radius 2 is 2.17 bits per heavy atom. The maximum Gasteiger partial charge on any atom is 0.415 e. The van der Waals surface area contributed by atoms with Gasteiger partial charge in [-0.05, 0) is 35.8 Å². The minimum absolute atomic E-state index is 0.133. The van der Waals surface area contributed by atoms with Crippen molar-refractivity contribution in [2.45, 2.75) is 24.9 Å². The van der Waals surface area contributed by atoms with Crippen molar-refractivity contribution in [3.63, 3.8) is 0 Å². The summed E-state index contributed by atoms with van der Waals surface area (Å²) in [5, 5.41) is 13.8. The van der Waals surface area contributed by atoms with E-state index >= 15 is 0 Å². The molecule has 132 valence electrons. The smallest absolute Gasteiger partial charge is 0.415 e. The standard InChI is InChI=1S/C13H17BrN4O5S/c1-3-23-13(22)17-12(21)18-24-11-9(4-8(14)5-15-11)10(20)16-7(2)6-19/h4-5,7,19H,3,6H2,1-2H3,(H,16,20)(H2,17,18,21,22)/t7-/m0/s1. The Kier molecular flexibility index (Phi) is 8.50. The highest BCUT2D eigenvalue weighted by molar-refractivity contribution is 9.10. The molecule has 0 aromatic carbocycles. The molecule has 24 heavy (non-hydrogen) atoms. The summed E-state index contributed by atoms with van der Waals surface area (Å²) in [7, 11) is 0. The van der Waals surface area contributed by atoms with Crippen molar-refractivity contribution in [1.29, 1.82) is 0 Å². The van der Waals surface area contributed by atoms with E-state index in [0.29, 0.717) is 4.47 Å². The van der Waals surface area contributed by atoms with Crippen LogP contribution in [0, 0.1) is 0 Å². The summed E-state index contributed by atoms with van der Waals surface area (Å²) in [4.78, 5) is 38.9. The molecule has 4 amide bonds. The quantitative estimate of drug-likeness (QED) is 0.511. The SMILES string of the molecule is CCOC(=O)NC(=O)NSc1ncc(Br)cc1C(=O)N[C@@H](C)CO. The van der Waals surface area contributed by atoms with Crippen molar-refractivity contribution in [2.24, 2.45) is 0 Å². The fraction of sp³-hybridized carbons (Fsp3) is 0.385. The number of aromatic nitrogens is 1. The summed E-state index contributed by atoms with van der Waals surface area (Å²) in [6.45, 7) is 3.17. The zero-order valence-electron chi connectivity index (χ0n) is 13.0. The highest BCUT2D eigenvalue weighted by Crippen LogP contribution is 2.21. The van der Waals surface area contributed by atoms with Crippen LogP contribution in [-0.2, 0) is 4.74 Å². The molecule has 0 radical (unpaired) electrons. The number of hydrogen-bond donors (Lipinski definition) is 4. The van der Waals surface area contributed by atoms with Crippen LogP contribution >= 0.6 is 27.9 Å². The zero-order chi connectivity index (χ0) is 18.1. The van der Waals surface area contributed by atoms with E-state index in [9.17, 15) is 14.4 Å². The molecule has 1 atom stereocenters. The van der Waals surface area contributed by atoms with Crippen LogP contribution in [0.1, 0.15) is 24.2 Å². The van der Waals surface area contributed by atoms with E-state index in [4.69, 9.17) is 5.11 Å². The number of rotatable bonds is 6. The third-order valence-corrected chi connectivity index (χ3v) is 3.68. The van der Waals surface area contributed by atoms with Crippen LogP contribution in [-0.4, -0.2) is 47.4 Å². The number of alkyl carbamates (subject to hydrolysis) is 1. The topological polar surface area (TPSA) is 130 Å². The highest BCUT2D eigenvalue weighted by atomic mass is 79.9. The summed E-state index contributed by atoms with van der Waals surface area (Å²) in [6, 6.07) is 0.285. The van der Waals surface area contributed by atoms with Gasteiger partial charge in [-0.25, -0.2) is 19.9 Å². The van der Waals surface area contributed by atoms with Crippen molar-refractivity contribution in [3.8, 4) is 0 Å². The number of pyridine rings is 1. The van der Waals surface area contributed by atoms with Gasteiger partial charge in [-0.2, -0.15) is 0 Å². The number of nitrogens with zero attached hydrogens (tertiary/aromatic N) is 1. The number of carbonyl (C=O) groups excluding carboxylic acids is 3. The van der Waals surface area contributed by atoms with E-state index in [2.05, 4.69) is 35.7 Å². The van der Waals surface area contributed by atoms with Crippen molar-refractivity contribution < 1.29 is 24.2 Å². The molecule has 0 saturated carbocycles. The minimum atomic E-state index is -0.880. The summed E-state index contributed by atoms with van der Waals surface area (Å²) in [5.74, 6) is -0.458. The molecule has 1 rings (SSSR count). The molecular weight excluding hydrogens is 404 g/mol. The van der Waals surface area contributed by atoms with Gasteiger partial charge in [-0.15, -0.1) is 0 Å². The number of carbonyl (C=O) groups is 3. The lowest BCUT2D eigenvalue weighted by atomic mass is 10.2. The Bertz CT molecular complexity index is 616.